The zero-order valence-electron chi connectivity index (χ0n) is 13.9. The molecule has 1 aliphatic heterocycles. The van der Waals surface area contributed by atoms with Crippen LogP contribution in [0.25, 0.3) is 0 Å². The second-order valence-corrected chi connectivity index (χ2v) is 5.81. The van der Waals surface area contributed by atoms with E-state index in [1.165, 1.54) is 11.0 Å². The second-order valence-electron chi connectivity index (χ2n) is 5.81. The van der Waals surface area contributed by atoms with Crippen molar-refractivity contribution in [1.82, 2.24) is 10.2 Å². The number of piperidine rings is 1. The fraction of sp³-hybridized carbons (Fsp3) is 0.588. The number of alkyl halides is 3. The standard InChI is InChI=1S/C17H23F3N2O2/c1-3-22(4-2)16(23)14-11-13(12-7-9-21-10-8-12)5-6-15(14)24-17(18,19)20/h5-6,11-12,21H,3-4,7-10H2,1-2H3. The summed E-state index contributed by atoms with van der Waals surface area (Å²) in [5, 5.41) is 3.25. The Morgan fingerprint density at radius 2 is 1.88 bits per heavy atom. The van der Waals surface area contributed by atoms with E-state index in [1.54, 1.807) is 26.0 Å². The lowest BCUT2D eigenvalue weighted by molar-refractivity contribution is -0.274. The van der Waals surface area contributed by atoms with Crippen LogP contribution in [0.15, 0.2) is 18.2 Å². The molecule has 24 heavy (non-hydrogen) atoms. The minimum atomic E-state index is -4.82. The highest BCUT2D eigenvalue weighted by Crippen LogP contribution is 2.32. The molecule has 0 bridgehead atoms. The molecule has 1 aliphatic rings. The van der Waals surface area contributed by atoms with Crippen LogP contribution in [0.1, 0.15) is 48.5 Å². The maximum absolute atomic E-state index is 12.6. The van der Waals surface area contributed by atoms with Gasteiger partial charge in [0.15, 0.2) is 0 Å². The smallest absolute Gasteiger partial charge is 0.405 e. The largest absolute Gasteiger partial charge is 0.573 e. The Hall–Kier alpha value is -1.76. The molecule has 0 unspecified atom stereocenters. The number of hydrogen-bond donors (Lipinski definition) is 1. The lowest BCUT2D eigenvalue weighted by Crippen LogP contribution is -2.32. The molecular formula is C17H23F3N2O2. The van der Waals surface area contributed by atoms with Gasteiger partial charge in [-0.2, -0.15) is 0 Å². The first-order valence-corrected chi connectivity index (χ1v) is 8.25. The van der Waals surface area contributed by atoms with Gasteiger partial charge >= 0.3 is 6.36 Å². The maximum Gasteiger partial charge on any atom is 0.573 e. The average Bonchev–Trinajstić information content (AvgIpc) is 2.55. The number of benzene rings is 1. The molecule has 1 amide bonds. The molecule has 4 nitrogen and oxygen atoms in total. The van der Waals surface area contributed by atoms with Crippen LogP contribution in [0.2, 0.25) is 0 Å². The van der Waals surface area contributed by atoms with E-state index in [0.717, 1.165) is 31.5 Å². The van der Waals surface area contributed by atoms with Crippen LogP contribution in [0.4, 0.5) is 13.2 Å². The molecule has 0 radical (unpaired) electrons. The molecule has 0 aliphatic carbocycles. The van der Waals surface area contributed by atoms with Crippen LogP contribution < -0.4 is 10.1 Å². The van der Waals surface area contributed by atoms with Gasteiger partial charge in [-0.25, -0.2) is 0 Å². The van der Waals surface area contributed by atoms with Crippen molar-refractivity contribution in [2.75, 3.05) is 26.2 Å². The lowest BCUT2D eigenvalue weighted by atomic mass is 9.89. The molecule has 1 aromatic rings. The fourth-order valence-corrected chi connectivity index (χ4v) is 3.02. The number of carbonyl (C=O) groups is 1. The predicted octanol–water partition coefficient (Wildman–Crippen LogP) is 3.53. The van der Waals surface area contributed by atoms with E-state index in [2.05, 4.69) is 10.1 Å². The van der Waals surface area contributed by atoms with Gasteiger partial charge in [-0.3, -0.25) is 4.79 Å². The quantitative estimate of drug-likeness (QED) is 0.888. The molecule has 0 aromatic heterocycles. The van der Waals surface area contributed by atoms with E-state index in [4.69, 9.17) is 0 Å². The van der Waals surface area contributed by atoms with Gasteiger partial charge in [-0.05, 0) is 63.4 Å². The summed E-state index contributed by atoms with van der Waals surface area (Å²) in [7, 11) is 0. The molecule has 1 heterocycles. The molecule has 1 fully saturated rings. The van der Waals surface area contributed by atoms with Gasteiger partial charge in [0.25, 0.3) is 5.91 Å². The van der Waals surface area contributed by atoms with Crippen molar-refractivity contribution in [2.24, 2.45) is 0 Å². The number of rotatable bonds is 5. The van der Waals surface area contributed by atoms with E-state index < -0.39 is 18.0 Å². The number of ether oxygens (including phenoxy) is 1. The second kappa shape index (κ2) is 7.88. The zero-order chi connectivity index (χ0) is 17.7. The number of amides is 1. The van der Waals surface area contributed by atoms with Gasteiger partial charge in [0.05, 0.1) is 5.56 Å². The molecule has 1 aromatic carbocycles. The van der Waals surface area contributed by atoms with Crippen molar-refractivity contribution in [1.29, 1.82) is 0 Å². The summed E-state index contributed by atoms with van der Waals surface area (Å²) < 4.78 is 42.0. The lowest BCUT2D eigenvalue weighted by Gasteiger charge is -2.25. The van der Waals surface area contributed by atoms with Crippen LogP contribution >= 0.6 is 0 Å². The maximum atomic E-state index is 12.6. The summed E-state index contributed by atoms with van der Waals surface area (Å²) in [6, 6.07) is 4.47. The monoisotopic (exact) mass is 344 g/mol. The van der Waals surface area contributed by atoms with Gasteiger partial charge < -0.3 is 15.0 Å². The Balaban J connectivity index is 2.38. The molecular weight excluding hydrogens is 321 g/mol. The van der Waals surface area contributed by atoms with E-state index in [9.17, 15) is 18.0 Å². The summed E-state index contributed by atoms with van der Waals surface area (Å²) in [6.45, 7) is 6.18. The molecule has 1 N–H and O–H groups in total. The summed E-state index contributed by atoms with van der Waals surface area (Å²) in [5.41, 5.74) is 0.869. The third-order valence-corrected chi connectivity index (χ3v) is 4.32. The third-order valence-electron chi connectivity index (χ3n) is 4.32. The van der Waals surface area contributed by atoms with Crippen LogP contribution in [0.5, 0.6) is 5.75 Å². The van der Waals surface area contributed by atoms with E-state index in [-0.39, 0.29) is 11.5 Å². The summed E-state index contributed by atoms with van der Waals surface area (Å²) in [5.74, 6) is -0.624. The van der Waals surface area contributed by atoms with Crippen molar-refractivity contribution < 1.29 is 22.7 Å². The van der Waals surface area contributed by atoms with Crippen molar-refractivity contribution in [3.8, 4) is 5.75 Å². The number of carbonyl (C=O) groups excluding carboxylic acids is 1. The normalized spacial score (nSPS) is 16.0. The van der Waals surface area contributed by atoms with Gasteiger partial charge in [0.1, 0.15) is 5.75 Å². The Labute approximate surface area is 140 Å². The molecule has 0 saturated carbocycles. The summed E-state index contributed by atoms with van der Waals surface area (Å²) >= 11 is 0. The topological polar surface area (TPSA) is 41.6 Å². The van der Waals surface area contributed by atoms with Crippen molar-refractivity contribution in [3.63, 3.8) is 0 Å². The first-order valence-electron chi connectivity index (χ1n) is 8.25. The Morgan fingerprint density at radius 3 is 2.42 bits per heavy atom. The minimum Gasteiger partial charge on any atom is -0.405 e. The number of nitrogens with zero attached hydrogens (tertiary/aromatic N) is 1. The van der Waals surface area contributed by atoms with Crippen LogP contribution in [0, 0.1) is 0 Å². The Kier molecular flexibility index (Phi) is 6.10. The summed E-state index contributed by atoms with van der Waals surface area (Å²) in [4.78, 5) is 14.1. The number of nitrogens with one attached hydrogen (secondary N) is 1. The SMILES string of the molecule is CCN(CC)C(=O)c1cc(C2CCNCC2)ccc1OC(F)(F)F. The Morgan fingerprint density at radius 1 is 1.25 bits per heavy atom. The van der Waals surface area contributed by atoms with Crippen molar-refractivity contribution in [3.05, 3.63) is 29.3 Å². The average molecular weight is 344 g/mol. The molecule has 0 spiro atoms. The fourth-order valence-electron chi connectivity index (χ4n) is 3.02. The van der Waals surface area contributed by atoms with E-state index >= 15 is 0 Å². The third kappa shape index (κ3) is 4.63. The van der Waals surface area contributed by atoms with Crippen LogP contribution in [-0.2, 0) is 0 Å². The minimum absolute atomic E-state index is 0.0212. The molecule has 2 rings (SSSR count). The van der Waals surface area contributed by atoms with Crippen molar-refractivity contribution >= 4 is 5.91 Å². The Bertz CT molecular complexity index is 565. The summed E-state index contributed by atoms with van der Waals surface area (Å²) in [6.07, 6.45) is -3.02. The molecule has 1 saturated heterocycles. The van der Waals surface area contributed by atoms with Gasteiger partial charge in [-0.1, -0.05) is 6.07 Å². The highest BCUT2D eigenvalue weighted by molar-refractivity contribution is 5.97. The molecule has 7 heteroatoms. The highest BCUT2D eigenvalue weighted by Gasteiger charge is 2.34. The first kappa shape index (κ1) is 18.6. The van der Waals surface area contributed by atoms with E-state index in [0.29, 0.717) is 13.1 Å². The molecule has 134 valence electrons. The van der Waals surface area contributed by atoms with Crippen molar-refractivity contribution in [2.45, 2.75) is 39.0 Å². The zero-order valence-corrected chi connectivity index (χ0v) is 13.9. The van der Waals surface area contributed by atoms with Crippen LogP contribution in [0.3, 0.4) is 0 Å². The van der Waals surface area contributed by atoms with Gasteiger partial charge in [0.2, 0.25) is 0 Å². The first-order chi connectivity index (χ1) is 11.4. The number of hydrogen-bond acceptors (Lipinski definition) is 3. The van der Waals surface area contributed by atoms with E-state index in [1.807, 2.05) is 0 Å². The highest BCUT2D eigenvalue weighted by atomic mass is 19.4. The molecule has 0 atom stereocenters. The van der Waals surface area contributed by atoms with Crippen LogP contribution in [-0.4, -0.2) is 43.3 Å². The van der Waals surface area contributed by atoms with Gasteiger partial charge in [-0.15, -0.1) is 13.2 Å². The predicted molar refractivity (Wildman–Crippen MR) is 85.2 cm³/mol. The number of halogens is 3. The van der Waals surface area contributed by atoms with Gasteiger partial charge in [0, 0.05) is 13.1 Å².